The second kappa shape index (κ2) is 9.36. The fourth-order valence-corrected chi connectivity index (χ4v) is 5.49. The highest BCUT2D eigenvalue weighted by Crippen LogP contribution is 2.44. The van der Waals surface area contributed by atoms with Crippen LogP contribution in [-0.4, -0.2) is 21.8 Å². The largest absolute Gasteiger partial charge is 0.497 e. The van der Waals surface area contributed by atoms with Gasteiger partial charge in [-0.1, -0.05) is 23.7 Å². The van der Waals surface area contributed by atoms with Crippen molar-refractivity contribution in [1.82, 2.24) is 14.9 Å². The van der Waals surface area contributed by atoms with Gasteiger partial charge in [-0.2, -0.15) is 0 Å². The Morgan fingerprint density at radius 1 is 1.00 bits per heavy atom. The SMILES string of the molecule is COc1ccc(N2C(=S)N[C@@H](c3ccccn3)[C@@H]2c2cc(C)n(-c3cc(Cl)ccc3C)c2C)cc1. The van der Waals surface area contributed by atoms with Gasteiger partial charge in [-0.05, 0) is 98.7 Å². The van der Waals surface area contributed by atoms with Gasteiger partial charge in [-0.25, -0.2) is 0 Å². The number of nitrogens with one attached hydrogen (secondary N) is 1. The minimum atomic E-state index is -0.111. The van der Waals surface area contributed by atoms with E-state index in [0.29, 0.717) is 5.11 Å². The van der Waals surface area contributed by atoms with E-state index in [1.54, 1.807) is 7.11 Å². The molecule has 5 nitrogen and oxygen atoms in total. The molecule has 1 aliphatic rings. The van der Waals surface area contributed by atoms with Crippen molar-refractivity contribution in [2.45, 2.75) is 32.9 Å². The quantitative estimate of drug-likeness (QED) is 0.310. The molecule has 1 N–H and O–H groups in total. The summed E-state index contributed by atoms with van der Waals surface area (Å²) in [6.45, 7) is 6.40. The Balaban J connectivity index is 1.68. The monoisotopic (exact) mass is 502 g/mol. The fourth-order valence-electron chi connectivity index (χ4n) is 4.97. The van der Waals surface area contributed by atoms with E-state index in [1.807, 2.05) is 60.8 Å². The van der Waals surface area contributed by atoms with Crippen LogP contribution in [0.1, 0.15) is 40.3 Å². The summed E-state index contributed by atoms with van der Waals surface area (Å²) in [7, 11) is 1.67. The van der Waals surface area contributed by atoms with E-state index >= 15 is 0 Å². The van der Waals surface area contributed by atoms with Gasteiger partial charge in [0.2, 0.25) is 0 Å². The molecule has 0 unspecified atom stereocenters. The van der Waals surface area contributed by atoms with E-state index in [4.69, 9.17) is 28.6 Å². The van der Waals surface area contributed by atoms with Crippen molar-refractivity contribution in [2.24, 2.45) is 0 Å². The standard InChI is InChI=1S/C28H27ClN4OS/c1-17-8-9-20(29)16-25(17)32-18(2)15-23(19(32)3)27-26(24-7-5-6-14-30-24)31-28(35)33(27)21-10-12-22(34-4)13-11-21/h5-16,26-27H,1-4H3,(H,31,35)/t26-,27-/m0/s1. The second-order valence-corrected chi connectivity index (χ2v) is 9.61. The maximum atomic E-state index is 6.39. The van der Waals surface area contributed by atoms with Gasteiger partial charge >= 0.3 is 0 Å². The molecule has 2 atom stereocenters. The number of hydrogen-bond acceptors (Lipinski definition) is 3. The van der Waals surface area contributed by atoms with Crippen LogP contribution in [0.15, 0.2) is 72.9 Å². The number of ether oxygens (including phenoxy) is 1. The van der Waals surface area contributed by atoms with Crippen LogP contribution in [0.4, 0.5) is 5.69 Å². The summed E-state index contributed by atoms with van der Waals surface area (Å²) in [5.74, 6) is 0.805. The first-order valence-corrected chi connectivity index (χ1v) is 12.3. The lowest BCUT2D eigenvalue weighted by atomic mass is 9.96. The molecule has 2 aromatic heterocycles. The molecular formula is C28H27ClN4OS. The summed E-state index contributed by atoms with van der Waals surface area (Å²) in [5, 5.41) is 4.93. The number of methoxy groups -OCH3 is 1. The maximum absolute atomic E-state index is 6.39. The van der Waals surface area contributed by atoms with Crippen LogP contribution in [-0.2, 0) is 0 Å². The molecule has 7 heteroatoms. The molecule has 1 saturated heterocycles. The van der Waals surface area contributed by atoms with Crippen molar-refractivity contribution < 1.29 is 4.74 Å². The lowest BCUT2D eigenvalue weighted by Gasteiger charge is -2.28. The number of thiocarbonyl (C=S) groups is 1. The number of anilines is 1. The Morgan fingerprint density at radius 3 is 2.46 bits per heavy atom. The molecule has 4 aromatic rings. The molecule has 5 rings (SSSR count). The average molecular weight is 503 g/mol. The van der Waals surface area contributed by atoms with Gasteiger partial charge in [0.05, 0.1) is 24.9 Å². The summed E-state index contributed by atoms with van der Waals surface area (Å²) in [4.78, 5) is 6.86. The van der Waals surface area contributed by atoms with Crippen LogP contribution in [0.2, 0.25) is 5.02 Å². The Kier molecular flexibility index (Phi) is 6.26. The average Bonchev–Trinajstić information content (AvgIpc) is 3.36. The van der Waals surface area contributed by atoms with Crippen molar-refractivity contribution >= 4 is 34.6 Å². The molecule has 0 saturated carbocycles. The van der Waals surface area contributed by atoms with E-state index in [0.717, 1.165) is 44.8 Å². The molecule has 2 aromatic carbocycles. The smallest absolute Gasteiger partial charge is 0.174 e. The highest BCUT2D eigenvalue weighted by Gasteiger charge is 2.42. The third kappa shape index (κ3) is 4.17. The van der Waals surface area contributed by atoms with Crippen LogP contribution in [0, 0.1) is 20.8 Å². The van der Waals surface area contributed by atoms with Gasteiger partial charge in [0.25, 0.3) is 0 Å². The molecular weight excluding hydrogens is 476 g/mol. The molecule has 35 heavy (non-hydrogen) atoms. The highest BCUT2D eigenvalue weighted by atomic mass is 35.5. The molecule has 3 heterocycles. The first kappa shape index (κ1) is 23.4. The number of hydrogen-bond donors (Lipinski definition) is 1. The second-order valence-electron chi connectivity index (χ2n) is 8.79. The first-order chi connectivity index (χ1) is 16.9. The van der Waals surface area contributed by atoms with Crippen LogP contribution in [0.3, 0.4) is 0 Å². The van der Waals surface area contributed by atoms with Crippen LogP contribution < -0.4 is 15.0 Å². The number of aromatic nitrogens is 2. The Morgan fingerprint density at radius 2 is 1.77 bits per heavy atom. The third-order valence-electron chi connectivity index (χ3n) is 6.65. The Labute approximate surface area is 216 Å². The molecule has 1 aliphatic heterocycles. The van der Waals surface area contributed by atoms with E-state index in [9.17, 15) is 0 Å². The van der Waals surface area contributed by atoms with Crippen molar-refractivity contribution in [3.63, 3.8) is 0 Å². The number of rotatable bonds is 5. The number of benzene rings is 2. The van der Waals surface area contributed by atoms with Gasteiger partial charge in [-0.15, -0.1) is 0 Å². The number of nitrogens with zero attached hydrogens (tertiary/aromatic N) is 3. The zero-order chi connectivity index (χ0) is 24.7. The molecule has 0 bridgehead atoms. The zero-order valence-corrected chi connectivity index (χ0v) is 21.7. The van der Waals surface area contributed by atoms with Crippen molar-refractivity contribution in [3.8, 4) is 11.4 Å². The molecule has 0 amide bonds. The predicted octanol–water partition coefficient (Wildman–Crippen LogP) is 6.64. The molecule has 1 fully saturated rings. The van der Waals surface area contributed by atoms with Crippen molar-refractivity contribution in [2.75, 3.05) is 12.0 Å². The zero-order valence-electron chi connectivity index (χ0n) is 20.1. The van der Waals surface area contributed by atoms with Crippen molar-refractivity contribution in [3.05, 3.63) is 106 Å². The topological polar surface area (TPSA) is 42.3 Å². The van der Waals surface area contributed by atoms with E-state index in [-0.39, 0.29) is 12.1 Å². The van der Waals surface area contributed by atoms with Gasteiger partial charge in [-0.3, -0.25) is 4.98 Å². The number of halogens is 1. The molecule has 0 spiro atoms. The van der Waals surface area contributed by atoms with Crippen LogP contribution in [0.5, 0.6) is 5.75 Å². The highest BCUT2D eigenvalue weighted by molar-refractivity contribution is 7.80. The predicted molar refractivity (Wildman–Crippen MR) is 146 cm³/mol. The summed E-state index contributed by atoms with van der Waals surface area (Å²) in [5.41, 5.74) is 7.64. The van der Waals surface area contributed by atoms with E-state index in [1.165, 1.54) is 5.56 Å². The van der Waals surface area contributed by atoms with E-state index in [2.05, 4.69) is 52.7 Å². The lowest BCUT2D eigenvalue weighted by molar-refractivity contribution is 0.415. The summed E-state index contributed by atoms with van der Waals surface area (Å²) < 4.78 is 7.65. The Hall–Kier alpha value is -3.35. The molecule has 0 aliphatic carbocycles. The number of aryl methyl sites for hydroxylation is 2. The molecule has 0 radical (unpaired) electrons. The summed E-state index contributed by atoms with van der Waals surface area (Å²) in [6, 6.07) is 22.1. The third-order valence-corrected chi connectivity index (χ3v) is 7.20. The fraction of sp³-hybridized carbons (Fsp3) is 0.214. The first-order valence-electron chi connectivity index (χ1n) is 11.5. The lowest BCUT2D eigenvalue weighted by Crippen LogP contribution is -2.29. The summed E-state index contributed by atoms with van der Waals surface area (Å²) >= 11 is 12.3. The van der Waals surface area contributed by atoms with Crippen LogP contribution >= 0.6 is 23.8 Å². The van der Waals surface area contributed by atoms with E-state index < -0.39 is 0 Å². The Bertz CT molecular complexity index is 1380. The molecule has 178 valence electrons. The van der Waals surface area contributed by atoms with Crippen LogP contribution in [0.25, 0.3) is 5.69 Å². The number of pyridine rings is 1. The normalized spacial score (nSPS) is 17.5. The minimum Gasteiger partial charge on any atom is -0.497 e. The van der Waals surface area contributed by atoms with Gasteiger partial charge in [0.15, 0.2) is 5.11 Å². The van der Waals surface area contributed by atoms with Gasteiger partial charge in [0.1, 0.15) is 5.75 Å². The van der Waals surface area contributed by atoms with Gasteiger partial charge < -0.3 is 19.5 Å². The van der Waals surface area contributed by atoms with Gasteiger partial charge in [0, 0.05) is 34.0 Å². The van der Waals surface area contributed by atoms with Crippen molar-refractivity contribution in [1.29, 1.82) is 0 Å². The minimum absolute atomic E-state index is 0.0924. The maximum Gasteiger partial charge on any atom is 0.174 e. The summed E-state index contributed by atoms with van der Waals surface area (Å²) in [6.07, 6.45) is 1.83.